The van der Waals surface area contributed by atoms with Crippen LogP contribution in [-0.4, -0.2) is 0 Å². The van der Waals surface area contributed by atoms with E-state index in [1.165, 1.54) is 11.1 Å². The first-order chi connectivity index (χ1) is 9.04. The molecule has 0 heterocycles. The fourth-order valence-electron chi connectivity index (χ4n) is 1.88. The topological polar surface area (TPSA) is 12.0 Å². The second-order valence-corrected chi connectivity index (χ2v) is 5.78. The Balaban J connectivity index is 0.00000200. The Morgan fingerprint density at radius 3 is 2.00 bits per heavy atom. The van der Waals surface area contributed by atoms with Crippen molar-refractivity contribution >= 4 is 41.3 Å². The Morgan fingerprint density at radius 1 is 0.950 bits per heavy atom. The lowest BCUT2D eigenvalue weighted by Crippen LogP contribution is -1.99. The standard InChI is InChI=1S/C16H17Cl2N.ClH/c1-11(2)13-5-3-12(4-6-13)10-19-16-8-14(17)7-15(18)9-16;/h3-9,11,19H,10H2,1-2H3;1H. The van der Waals surface area contributed by atoms with Crippen LogP contribution in [0.2, 0.25) is 10.0 Å². The van der Waals surface area contributed by atoms with Crippen LogP contribution in [0.25, 0.3) is 0 Å². The molecule has 108 valence electrons. The summed E-state index contributed by atoms with van der Waals surface area (Å²) in [4.78, 5) is 0. The van der Waals surface area contributed by atoms with Crippen molar-refractivity contribution in [2.75, 3.05) is 5.32 Å². The van der Waals surface area contributed by atoms with Crippen molar-refractivity contribution < 1.29 is 0 Å². The second-order valence-electron chi connectivity index (χ2n) is 4.91. The molecule has 0 spiro atoms. The van der Waals surface area contributed by atoms with E-state index >= 15 is 0 Å². The highest BCUT2D eigenvalue weighted by Gasteiger charge is 2.00. The Kier molecular flexibility index (Phi) is 6.67. The minimum absolute atomic E-state index is 0. The van der Waals surface area contributed by atoms with Gasteiger partial charge in [0, 0.05) is 22.3 Å². The molecule has 0 aliphatic heterocycles. The Morgan fingerprint density at radius 2 is 1.50 bits per heavy atom. The zero-order valence-corrected chi connectivity index (χ0v) is 13.8. The molecular weight excluding hydrogens is 313 g/mol. The first-order valence-corrected chi connectivity index (χ1v) is 7.09. The maximum atomic E-state index is 5.96. The van der Waals surface area contributed by atoms with Crippen LogP contribution in [0.4, 0.5) is 5.69 Å². The van der Waals surface area contributed by atoms with E-state index in [9.17, 15) is 0 Å². The lowest BCUT2D eigenvalue weighted by molar-refractivity contribution is 0.865. The summed E-state index contributed by atoms with van der Waals surface area (Å²) in [6, 6.07) is 14.1. The highest BCUT2D eigenvalue weighted by Crippen LogP contribution is 2.23. The molecule has 0 unspecified atom stereocenters. The molecule has 0 bridgehead atoms. The summed E-state index contributed by atoms with van der Waals surface area (Å²) in [7, 11) is 0. The molecule has 0 radical (unpaired) electrons. The number of nitrogens with one attached hydrogen (secondary N) is 1. The van der Waals surface area contributed by atoms with Crippen molar-refractivity contribution in [2.24, 2.45) is 0 Å². The maximum Gasteiger partial charge on any atom is 0.0441 e. The van der Waals surface area contributed by atoms with Gasteiger partial charge in [-0.05, 0) is 35.2 Å². The van der Waals surface area contributed by atoms with Gasteiger partial charge in [0.15, 0.2) is 0 Å². The first-order valence-electron chi connectivity index (χ1n) is 6.33. The third-order valence-electron chi connectivity index (χ3n) is 3.01. The molecule has 0 aliphatic rings. The molecule has 0 saturated heterocycles. The number of anilines is 1. The number of hydrogen-bond acceptors (Lipinski definition) is 1. The van der Waals surface area contributed by atoms with Gasteiger partial charge in [0.1, 0.15) is 0 Å². The maximum absolute atomic E-state index is 5.96. The SMILES string of the molecule is CC(C)c1ccc(CNc2cc(Cl)cc(Cl)c2)cc1.Cl. The third-order valence-corrected chi connectivity index (χ3v) is 3.44. The van der Waals surface area contributed by atoms with E-state index in [4.69, 9.17) is 23.2 Å². The Bertz CT molecular complexity index is 530. The zero-order valence-electron chi connectivity index (χ0n) is 11.5. The molecular formula is C16H18Cl3N. The van der Waals surface area contributed by atoms with Crippen molar-refractivity contribution in [3.63, 3.8) is 0 Å². The van der Waals surface area contributed by atoms with Gasteiger partial charge in [0.05, 0.1) is 0 Å². The normalized spacial score (nSPS) is 10.2. The molecule has 1 N–H and O–H groups in total. The molecule has 20 heavy (non-hydrogen) atoms. The fraction of sp³-hybridized carbons (Fsp3) is 0.250. The number of rotatable bonds is 4. The molecule has 0 aliphatic carbocycles. The van der Waals surface area contributed by atoms with Gasteiger partial charge in [0.2, 0.25) is 0 Å². The van der Waals surface area contributed by atoms with E-state index in [1.807, 2.05) is 12.1 Å². The first kappa shape index (κ1) is 17.2. The number of benzene rings is 2. The zero-order chi connectivity index (χ0) is 13.8. The van der Waals surface area contributed by atoms with Gasteiger partial charge in [0.25, 0.3) is 0 Å². The minimum atomic E-state index is 0. The van der Waals surface area contributed by atoms with Crippen LogP contribution in [0.5, 0.6) is 0 Å². The molecule has 0 aromatic heterocycles. The molecule has 2 aromatic rings. The molecule has 2 aromatic carbocycles. The van der Waals surface area contributed by atoms with E-state index in [1.54, 1.807) is 6.07 Å². The van der Waals surface area contributed by atoms with Crippen LogP contribution >= 0.6 is 35.6 Å². The van der Waals surface area contributed by atoms with E-state index in [2.05, 4.69) is 43.4 Å². The van der Waals surface area contributed by atoms with Crippen molar-refractivity contribution in [3.8, 4) is 0 Å². The summed E-state index contributed by atoms with van der Waals surface area (Å²) in [5.41, 5.74) is 3.53. The highest BCUT2D eigenvalue weighted by molar-refractivity contribution is 6.35. The molecule has 4 heteroatoms. The van der Waals surface area contributed by atoms with Crippen molar-refractivity contribution in [3.05, 3.63) is 63.6 Å². The van der Waals surface area contributed by atoms with E-state index in [0.29, 0.717) is 16.0 Å². The molecule has 0 fully saturated rings. The smallest absolute Gasteiger partial charge is 0.0441 e. The predicted molar refractivity (Wildman–Crippen MR) is 91.6 cm³/mol. The van der Waals surface area contributed by atoms with Gasteiger partial charge in [-0.3, -0.25) is 0 Å². The summed E-state index contributed by atoms with van der Waals surface area (Å²) in [5, 5.41) is 4.61. The quantitative estimate of drug-likeness (QED) is 0.709. The largest absolute Gasteiger partial charge is 0.381 e. The minimum Gasteiger partial charge on any atom is -0.381 e. The van der Waals surface area contributed by atoms with E-state index < -0.39 is 0 Å². The van der Waals surface area contributed by atoms with Crippen molar-refractivity contribution in [2.45, 2.75) is 26.3 Å². The summed E-state index contributed by atoms with van der Waals surface area (Å²) < 4.78 is 0. The molecule has 0 saturated carbocycles. The molecule has 0 atom stereocenters. The van der Waals surface area contributed by atoms with Gasteiger partial charge >= 0.3 is 0 Å². The monoisotopic (exact) mass is 329 g/mol. The lowest BCUT2D eigenvalue weighted by atomic mass is 10.0. The van der Waals surface area contributed by atoms with Crippen molar-refractivity contribution in [1.82, 2.24) is 0 Å². The summed E-state index contributed by atoms with van der Waals surface area (Å²) in [6.45, 7) is 5.15. The van der Waals surface area contributed by atoms with Crippen LogP contribution in [0, 0.1) is 0 Å². The Hall–Kier alpha value is -0.890. The lowest BCUT2D eigenvalue weighted by Gasteiger charge is -2.09. The van der Waals surface area contributed by atoms with Crippen LogP contribution in [0.15, 0.2) is 42.5 Å². The predicted octanol–water partition coefficient (Wildman–Crippen LogP) is 6.15. The highest BCUT2D eigenvalue weighted by atomic mass is 35.5. The van der Waals surface area contributed by atoms with Crippen LogP contribution in [0.1, 0.15) is 30.9 Å². The number of hydrogen-bond donors (Lipinski definition) is 1. The number of halogens is 3. The molecule has 0 amide bonds. The van der Waals surface area contributed by atoms with Crippen LogP contribution in [0.3, 0.4) is 0 Å². The summed E-state index contributed by atoms with van der Waals surface area (Å²) >= 11 is 11.9. The van der Waals surface area contributed by atoms with E-state index in [0.717, 1.165) is 12.2 Å². The van der Waals surface area contributed by atoms with Gasteiger partial charge in [-0.1, -0.05) is 61.3 Å². The second kappa shape index (κ2) is 7.78. The summed E-state index contributed by atoms with van der Waals surface area (Å²) in [5.74, 6) is 0.564. The Labute approximate surface area is 136 Å². The average molecular weight is 331 g/mol. The summed E-state index contributed by atoms with van der Waals surface area (Å²) in [6.07, 6.45) is 0. The molecule has 1 nitrogen and oxygen atoms in total. The fourth-order valence-corrected chi connectivity index (χ4v) is 2.41. The van der Waals surface area contributed by atoms with Gasteiger partial charge in [-0.25, -0.2) is 0 Å². The van der Waals surface area contributed by atoms with E-state index in [-0.39, 0.29) is 12.4 Å². The average Bonchev–Trinajstić information content (AvgIpc) is 2.36. The van der Waals surface area contributed by atoms with Gasteiger partial charge in [-0.2, -0.15) is 0 Å². The molecule has 2 rings (SSSR count). The van der Waals surface area contributed by atoms with Crippen LogP contribution < -0.4 is 5.32 Å². The van der Waals surface area contributed by atoms with Crippen LogP contribution in [-0.2, 0) is 6.54 Å². The third kappa shape index (κ3) is 4.90. The van der Waals surface area contributed by atoms with Gasteiger partial charge < -0.3 is 5.32 Å². The van der Waals surface area contributed by atoms with Gasteiger partial charge in [-0.15, -0.1) is 12.4 Å². The van der Waals surface area contributed by atoms with Crippen molar-refractivity contribution in [1.29, 1.82) is 0 Å².